The van der Waals surface area contributed by atoms with Crippen LogP contribution in [0.2, 0.25) is 0 Å². The molecule has 0 aromatic heterocycles. The zero-order valence-electron chi connectivity index (χ0n) is 21.4. The van der Waals surface area contributed by atoms with Crippen LogP contribution in [0.4, 0.5) is 0 Å². The summed E-state index contributed by atoms with van der Waals surface area (Å²) in [7, 11) is -4.78. The van der Waals surface area contributed by atoms with Gasteiger partial charge in [0.1, 0.15) is 6.61 Å². The van der Waals surface area contributed by atoms with E-state index in [0.717, 1.165) is 32.6 Å². The largest absolute Gasteiger partial charge is 0.469 e. The maximum absolute atomic E-state index is 11.9. The lowest BCUT2D eigenvalue weighted by Crippen LogP contribution is -2.28. The minimum Gasteiger partial charge on any atom is -0.462 e. The van der Waals surface area contributed by atoms with Gasteiger partial charge in [0.15, 0.2) is 6.10 Å². The number of phosphoric acid groups is 1. The number of hydrogen-bond donors (Lipinski definition) is 5. The van der Waals surface area contributed by atoms with Crippen LogP contribution in [0.15, 0.2) is 48.6 Å². The summed E-state index contributed by atoms with van der Waals surface area (Å²) < 4.78 is 24.7. The maximum atomic E-state index is 11.9. The first-order valence-electron chi connectivity index (χ1n) is 12.2. The number of rotatable bonds is 20. The van der Waals surface area contributed by atoms with Crippen molar-refractivity contribution in [3.63, 3.8) is 0 Å². The molecule has 0 aromatic carbocycles. The van der Waals surface area contributed by atoms with Crippen LogP contribution in [-0.4, -0.2) is 74.7 Å². The molecule has 5 N–H and O–H groups in total. The Morgan fingerprint density at radius 2 is 1.49 bits per heavy atom. The molecule has 0 saturated carbocycles. The second-order valence-electron chi connectivity index (χ2n) is 8.25. The van der Waals surface area contributed by atoms with Gasteiger partial charge in [-0.2, -0.15) is 0 Å². The predicted molar refractivity (Wildman–Crippen MR) is 137 cm³/mol. The number of carbonyl (C=O) groups is 2. The van der Waals surface area contributed by atoms with Gasteiger partial charge in [-0.05, 0) is 19.3 Å². The molecule has 0 bridgehead atoms. The van der Waals surface area contributed by atoms with Crippen LogP contribution >= 0.6 is 7.82 Å². The predicted octanol–water partition coefficient (Wildman–Crippen LogP) is 2.63. The molecule has 0 unspecified atom stereocenters. The van der Waals surface area contributed by atoms with E-state index in [2.05, 4.69) is 11.4 Å². The molecule has 0 radical (unpaired) electrons. The SMILES string of the molecule is CCCCC[C@@H](O)/C=C/C=C\C=C\C=C\[C@@H](O)[C@H](O)CCCC(=O)OC[C@H](COP(=O)(O)O)OC(C)=O. The van der Waals surface area contributed by atoms with Crippen molar-refractivity contribution in [3.8, 4) is 0 Å². The highest BCUT2D eigenvalue weighted by Gasteiger charge is 2.22. The van der Waals surface area contributed by atoms with E-state index in [0.29, 0.717) is 0 Å². The molecule has 0 heterocycles. The number of phosphoric ester groups is 1. The standard InChI is InChI=1S/C25H41O11P/c1-3-4-9-13-21(27)14-10-7-5-6-8-11-15-23(28)24(29)16-12-17-25(30)34-18-22(36-20(2)26)19-35-37(31,32)33/h5-8,10-11,14-15,21-24,27-29H,3-4,9,12-13,16-19H2,1-2H3,(H2,31,32,33)/b7-5-,8-6+,14-10+,15-11+/t21-,22-,23-,24-/m1/s1. The van der Waals surface area contributed by atoms with Crippen LogP contribution in [0.1, 0.15) is 58.8 Å². The van der Waals surface area contributed by atoms with Crippen LogP contribution in [0, 0.1) is 0 Å². The first-order valence-corrected chi connectivity index (χ1v) is 13.7. The first-order chi connectivity index (χ1) is 17.4. The summed E-state index contributed by atoms with van der Waals surface area (Å²) in [5, 5.41) is 29.8. The fraction of sp³-hybridized carbons (Fsp3) is 0.600. The Bertz CT molecular complexity index is 800. The van der Waals surface area contributed by atoms with E-state index >= 15 is 0 Å². The molecule has 4 atom stereocenters. The van der Waals surface area contributed by atoms with E-state index in [1.807, 2.05) is 0 Å². The molecule has 0 aliphatic rings. The lowest BCUT2D eigenvalue weighted by Gasteiger charge is -2.17. The summed E-state index contributed by atoms with van der Waals surface area (Å²) >= 11 is 0. The van der Waals surface area contributed by atoms with Gasteiger partial charge < -0.3 is 34.6 Å². The Balaban J connectivity index is 4.24. The molecular formula is C25H41O11P. The number of unbranched alkanes of at least 4 members (excludes halogenated alkanes) is 2. The van der Waals surface area contributed by atoms with Gasteiger partial charge in [-0.1, -0.05) is 74.8 Å². The van der Waals surface area contributed by atoms with E-state index in [-0.39, 0.29) is 19.3 Å². The van der Waals surface area contributed by atoms with E-state index in [9.17, 15) is 29.5 Å². The molecule has 0 saturated heterocycles. The molecule has 0 aromatic rings. The Labute approximate surface area is 218 Å². The van der Waals surface area contributed by atoms with Gasteiger partial charge in [0.25, 0.3) is 0 Å². The summed E-state index contributed by atoms with van der Waals surface area (Å²) in [4.78, 5) is 40.4. The Morgan fingerprint density at radius 3 is 2.08 bits per heavy atom. The summed E-state index contributed by atoms with van der Waals surface area (Å²) in [5.74, 6) is -1.42. The lowest BCUT2D eigenvalue weighted by molar-refractivity contribution is -0.159. The first kappa shape index (κ1) is 34.9. The van der Waals surface area contributed by atoms with Gasteiger partial charge in [0.05, 0.1) is 24.9 Å². The lowest BCUT2D eigenvalue weighted by atomic mass is 10.1. The second kappa shape index (κ2) is 20.9. The molecule has 0 aliphatic heterocycles. The van der Waals surface area contributed by atoms with Crippen LogP contribution in [0.3, 0.4) is 0 Å². The zero-order chi connectivity index (χ0) is 28.1. The molecule has 12 heteroatoms. The molecule has 0 fully saturated rings. The third kappa shape index (κ3) is 22.8. The number of carbonyl (C=O) groups excluding carboxylic acids is 2. The van der Waals surface area contributed by atoms with Crippen LogP contribution in [0.25, 0.3) is 0 Å². The van der Waals surface area contributed by atoms with Crippen molar-refractivity contribution < 1.29 is 53.3 Å². The van der Waals surface area contributed by atoms with Crippen molar-refractivity contribution in [2.45, 2.75) is 83.2 Å². The Morgan fingerprint density at radius 1 is 0.865 bits per heavy atom. The van der Waals surface area contributed by atoms with E-state index in [1.165, 1.54) is 6.08 Å². The third-order valence-electron chi connectivity index (χ3n) is 4.77. The number of aliphatic hydroxyl groups is 3. The van der Waals surface area contributed by atoms with Crippen molar-refractivity contribution in [2.24, 2.45) is 0 Å². The van der Waals surface area contributed by atoms with E-state index < -0.39 is 57.4 Å². The summed E-state index contributed by atoms with van der Waals surface area (Å²) in [6.45, 7) is 2.08. The van der Waals surface area contributed by atoms with Crippen molar-refractivity contribution in [1.29, 1.82) is 0 Å². The van der Waals surface area contributed by atoms with Crippen LogP contribution in [-0.2, 0) is 28.2 Å². The van der Waals surface area contributed by atoms with Gasteiger partial charge in [0.2, 0.25) is 0 Å². The highest BCUT2D eigenvalue weighted by atomic mass is 31.2. The fourth-order valence-corrected chi connectivity index (χ4v) is 3.23. The number of ether oxygens (including phenoxy) is 2. The maximum Gasteiger partial charge on any atom is 0.469 e. The highest BCUT2D eigenvalue weighted by Crippen LogP contribution is 2.35. The average molecular weight is 549 g/mol. The molecule has 0 rings (SSSR count). The third-order valence-corrected chi connectivity index (χ3v) is 5.25. The van der Waals surface area contributed by atoms with Gasteiger partial charge >= 0.3 is 19.8 Å². The Hall–Kier alpha value is -2.11. The summed E-state index contributed by atoms with van der Waals surface area (Å²) in [6, 6.07) is 0. The quantitative estimate of drug-likeness (QED) is 0.0653. The van der Waals surface area contributed by atoms with Crippen molar-refractivity contribution in [2.75, 3.05) is 13.2 Å². The monoisotopic (exact) mass is 548 g/mol. The molecular weight excluding hydrogens is 507 g/mol. The molecule has 37 heavy (non-hydrogen) atoms. The second-order valence-corrected chi connectivity index (χ2v) is 9.49. The minimum absolute atomic E-state index is 0.0921. The fourth-order valence-electron chi connectivity index (χ4n) is 2.87. The number of hydrogen-bond acceptors (Lipinski definition) is 9. The number of esters is 2. The number of allylic oxidation sites excluding steroid dienone is 6. The zero-order valence-corrected chi connectivity index (χ0v) is 22.3. The van der Waals surface area contributed by atoms with E-state index in [4.69, 9.17) is 19.3 Å². The minimum atomic E-state index is -4.78. The van der Waals surface area contributed by atoms with Gasteiger partial charge in [0, 0.05) is 13.3 Å². The van der Waals surface area contributed by atoms with E-state index in [1.54, 1.807) is 42.5 Å². The molecule has 212 valence electrons. The van der Waals surface area contributed by atoms with Crippen LogP contribution in [0.5, 0.6) is 0 Å². The van der Waals surface area contributed by atoms with Crippen molar-refractivity contribution in [1.82, 2.24) is 0 Å². The highest BCUT2D eigenvalue weighted by molar-refractivity contribution is 7.46. The normalized spacial score (nSPS) is 16.0. The van der Waals surface area contributed by atoms with Crippen LogP contribution < -0.4 is 0 Å². The van der Waals surface area contributed by atoms with Gasteiger partial charge in [-0.3, -0.25) is 14.1 Å². The smallest absolute Gasteiger partial charge is 0.462 e. The van der Waals surface area contributed by atoms with Gasteiger partial charge in [-0.15, -0.1) is 0 Å². The summed E-state index contributed by atoms with van der Waals surface area (Å²) in [5.41, 5.74) is 0. The summed E-state index contributed by atoms with van der Waals surface area (Å²) in [6.07, 6.45) is 13.7. The van der Waals surface area contributed by atoms with Gasteiger partial charge in [-0.25, -0.2) is 4.57 Å². The average Bonchev–Trinajstić information content (AvgIpc) is 2.81. The topological polar surface area (TPSA) is 180 Å². The molecule has 0 spiro atoms. The molecule has 0 amide bonds. The molecule has 11 nitrogen and oxygen atoms in total. The number of aliphatic hydroxyl groups excluding tert-OH is 3. The molecule has 0 aliphatic carbocycles. The Kier molecular flexibility index (Phi) is 19.7. The van der Waals surface area contributed by atoms with Crippen molar-refractivity contribution in [3.05, 3.63) is 48.6 Å². The van der Waals surface area contributed by atoms with Crippen molar-refractivity contribution >= 4 is 19.8 Å².